The van der Waals surface area contributed by atoms with Crippen LogP contribution < -0.4 is 11.1 Å². The van der Waals surface area contributed by atoms with Gasteiger partial charge in [0, 0.05) is 46.1 Å². The first kappa shape index (κ1) is 18.5. The number of carbonyl (C=O) groups excluding carboxylic acids is 2. The van der Waals surface area contributed by atoms with E-state index in [1.165, 1.54) is 0 Å². The highest BCUT2D eigenvalue weighted by atomic mass is 16.1. The molecule has 0 bridgehead atoms. The van der Waals surface area contributed by atoms with Gasteiger partial charge in [0.05, 0.1) is 0 Å². The lowest BCUT2D eigenvalue weighted by Crippen LogP contribution is -2.11. The van der Waals surface area contributed by atoms with Gasteiger partial charge < -0.3 is 15.6 Å². The summed E-state index contributed by atoms with van der Waals surface area (Å²) in [6.45, 7) is 1.57. The van der Waals surface area contributed by atoms with Gasteiger partial charge >= 0.3 is 0 Å². The van der Waals surface area contributed by atoms with E-state index >= 15 is 0 Å². The van der Waals surface area contributed by atoms with Gasteiger partial charge in [0.25, 0.3) is 5.91 Å². The molecule has 4 aromatic rings. The third kappa shape index (κ3) is 3.62. The van der Waals surface area contributed by atoms with Crippen molar-refractivity contribution in [2.24, 2.45) is 7.05 Å². The molecule has 144 valence electrons. The molecular weight excluding hydrogens is 362 g/mol. The minimum absolute atomic E-state index is 0.0542. The highest BCUT2D eigenvalue weighted by Gasteiger charge is 2.11. The second-order valence-electron chi connectivity index (χ2n) is 7.07. The summed E-state index contributed by atoms with van der Waals surface area (Å²) in [5.41, 5.74) is 11.4. The quantitative estimate of drug-likeness (QED) is 0.389. The summed E-state index contributed by atoms with van der Waals surface area (Å²) < 4.78 is 2.10. The first-order valence-corrected chi connectivity index (χ1v) is 9.30. The molecule has 5 heteroatoms. The van der Waals surface area contributed by atoms with Gasteiger partial charge in [-0.25, -0.2) is 0 Å². The van der Waals surface area contributed by atoms with Crippen molar-refractivity contribution in [1.29, 1.82) is 0 Å². The van der Waals surface area contributed by atoms with Crippen LogP contribution in [-0.4, -0.2) is 16.3 Å². The number of hydrogen-bond donors (Lipinski definition) is 2. The van der Waals surface area contributed by atoms with Crippen molar-refractivity contribution in [2.75, 3.05) is 11.1 Å². The van der Waals surface area contributed by atoms with E-state index in [2.05, 4.69) is 16.0 Å². The molecule has 0 aliphatic rings. The lowest BCUT2D eigenvalue weighted by Gasteiger charge is -2.08. The van der Waals surface area contributed by atoms with Gasteiger partial charge in [-0.3, -0.25) is 9.59 Å². The van der Waals surface area contributed by atoms with E-state index in [-0.39, 0.29) is 11.7 Å². The fraction of sp³-hybridized carbons (Fsp3) is 0.0833. The van der Waals surface area contributed by atoms with Crippen LogP contribution in [0.4, 0.5) is 11.4 Å². The van der Waals surface area contributed by atoms with Crippen LogP contribution in [0.15, 0.2) is 72.8 Å². The van der Waals surface area contributed by atoms with Gasteiger partial charge in [-0.05, 0) is 73.2 Å². The SMILES string of the molecule is CC(=O)c1ccc2c(c1)cc(-c1ccc(NC(=O)c3ccc(N)cc3)cc1)n2C. The maximum Gasteiger partial charge on any atom is 0.255 e. The Labute approximate surface area is 168 Å². The fourth-order valence-corrected chi connectivity index (χ4v) is 3.41. The number of fused-ring (bicyclic) bond motifs is 1. The summed E-state index contributed by atoms with van der Waals surface area (Å²) in [7, 11) is 2.00. The number of nitrogens with one attached hydrogen (secondary N) is 1. The van der Waals surface area contributed by atoms with E-state index in [4.69, 9.17) is 5.73 Å². The number of aryl methyl sites for hydroxylation is 1. The number of Topliss-reactive ketones (excluding diaryl/α,β-unsaturated/α-hetero) is 1. The topological polar surface area (TPSA) is 77.1 Å². The Morgan fingerprint density at radius 2 is 1.52 bits per heavy atom. The number of benzene rings is 3. The molecule has 3 aromatic carbocycles. The minimum Gasteiger partial charge on any atom is -0.399 e. The summed E-state index contributed by atoms with van der Waals surface area (Å²) in [5, 5.41) is 3.92. The third-order valence-corrected chi connectivity index (χ3v) is 5.06. The van der Waals surface area contributed by atoms with Crippen molar-refractivity contribution in [3.63, 3.8) is 0 Å². The summed E-state index contributed by atoms with van der Waals surface area (Å²) in [4.78, 5) is 24.0. The van der Waals surface area contributed by atoms with Gasteiger partial charge in [0.1, 0.15) is 0 Å². The molecule has 0 unspecified atom stereocenters. The van der Waals surface area contributed by atoms with Crippen LogP contribution in [-0.2, 0) is 7.05 Å². The highest BCUT2D eigenvalue weighted by Crippen LogP contribution is 2.29. The second-order valence-corrected chi connectivity index (χ2v) is 7.07. The second kappa shape index (κ2) is 7.28. The van der Waals surface area contributed by atoms with Crippen molar-refractivity contribution in [1.82, 2.24) is 4.57 Å². The molecule has 0 saturated carbocycles. The average molecular weight is 383 g/mol. The molecule has 1 heterocycles. The number of aromatic nitrogens is 1. The van der Waals surface area contributed by atoms with Crippen molar-refractivity contribution in [2.45, 2.75) is 6.92 Å². The molecule has 1 amide bonds. The Kier molecular flexibility index (Phi) is 4.64. The molecule has 5 nitrogen and oxygen atoms in total. The van der Waals surface area contributed by atoms with Crippen LogP contribution in [0, 0.1) is 0 Å². The highest BCUT2D eigenvalue weighted by molar-refractivity contribution is 6.04. The van der Waals surface area contributed by atoms with E-state index in [9.17, 15) is 9.59 Å². The Morgan fingerprint density at radius 1 is 0.862 bits per heavy atom. The number of hydrogen-bond acceptors (Lipinski definition) is 3. The maximum atomic E-state index is 12.4. The number of carbonyl (C=O) groups is 2. The zero-order chi connectivity index (χ0) is 20.5. The lowest BCUT2D eigenvalue weighted by molar-refractivity contribution is 0.101. The fourth-order valence-electron chi connectivity index (χ4n) is 3.41. The van der Waals surface area contributed by atoms with Crippen molar-refractivity contribution in [3.05, 3.63) is 83.9 Å². The predicted octanol–water partition coefficient (Wildman–Crippen LogP) is 4.88. The number of ketones is 1. The first-order chi connectivity index (χ1) is 13.9. The van der Waals surface area contributed by atoms with Crippen molar-refractivity contribution in [3.8, 4) is 11.3 Å². The van der Waals surface area contributed by atoms with Crippen LogP contribution in [0.3, 0.4) is 0 Å². The normalized spacial score (nSPS) is 10.8. The van der Waals surface area contributed by atoms with E-state index in [0.29, 0.717) is 22.5 Å². The number of nitrogens with two attached hydrogens (primary N) is 1. The Bertz CT molecular complexity index is 1220. The summed E-state index contributed by atoms with van der Waals surface area (Å²) >= 11 is 0. The zero-order valence-electron chi connectivity index (χ0n) is 16.3. The van der Waals surface area contributed by atoms with E-state index in [1.807, 2.05) is 49.5 Å². The molecule has 0 saturated heterocycles. The monoisotopic (exact) mass is 383 g/mol. The first-order valence-electron chi connectivity index (χ1n) is 9.30. The van der Waals surface area contributed by atoms with Gasteiger partial charge in [-0.15, -0.1) is 0 Å². The Hall–Kier alpha value is -3.86. The largest absolute Gasteiger partial charge is 0.399 e. The Morgan fingerprint density at radius 3 is 2.17 bits per heavy atom. The van der Waals surface area contributed by atoms with Gasteiger partial charge in [0.2, 0.25) is 0 Å². The standard InChI is InChI=1S/C24H21N3O2/c1-15(28)18-7-12-22-19(13-18)14-23(27(22)2)16-5-10-21(11-6-16)26-24(29)17-3-8-20(25)9-4-17/h3-14H,25H2,1-2H3,(H,26,29). The van der Waals surface area contributed by atoms with Gasteiger partial charge in [-0.1, -0.05) is 12.1 Å². The van der Waals surface area contributed by atoms with E-state index < -0.39 is 0 Å². The van der Waals surface area contributed by atoms with Crippen LogP contribution in [0.2, 0.25) is 0 Å². The van der Waals surface area contributed by atoms with Gasteiger partial charge in [0.15, 0.2) is 5.78 Å². The van der Waals surface area contributed by atoms with Crippen LogP contribution in [0.5, 0.6) is 0 Å². The van der Waals surface area contributed by atoms with Crippen molar-refractivity contribution >= 4 is 34.0 Å². The molecular formula is C24H21N3O2. The Balaban J connectivity index is 1.59. The van der Waals surface area contributed by atoms with Crippen LogP contribution in [0.25, 0.3) is 22.2 Å². The zero-order valence-corrected chi connectivity index (χ0v) is 16.3. The molecule has 0 spiro atoms. The summed E-state index contributed by atoms with van der Waals surface area (Å²) in [5.74, 6) is -0.127. The number of amides is 1. The lowest BCUT2D eigenvalue weighted by atomic mass is 10.1. The number of nitrogen functional groups attached to an aromatic ring is 1. The molecule has 29 heavy (non-hydrogen) atoms. The molecule has 0 fully saturated rings. The summed E-state index contributed by atoms with van der Waals surface area (Å²) in [6, 6.07) is 22.3. The van der Waals surface area contributed by atoms with E-state index in [1.54, 1.807) is 31.2 Å². The summed E-state index contributed by atoms with van der Waals surface area (Å²) in [6.07, 6.45) is 0. The number of anilines is 2. The maximum absolute atomic E-state index is 12.4. The molecule has 0 aliphatic carbocycles. The molecule has 1 aromatic heterocycles. The van der Waals surface area contributed by atoms with Crippen LogP contribution >= 0.6 is 0 Å². The predicted molar refractivity (Wildman–Crippen MR) is 117 cm³/mol. The van der Waals surface area contributed by atoms with Crippen LogP contribution in [0.1, 0.15) is 27.6 Å². The number of rotatable bonds is 4. The average Bonchev–Trinajstić information content (AvgIpc) is 3.05. The smallest absolute Gasteiger partial charge is 0.255 e. The molecule has 0 radical (unpaired) electrons. The minimum atomic E-state index is -0.181. The molecule has 4 rings (SSSR count). The molecule has 0 aliphatic heterocycles. The van der Waals surface area contributed by atoms with Crippen molar-refractivity contribution < 1.29 is 9.59 Å². The molecule has 0 atom stereocenters. The van der Waals surface area contributed by atoms with E-state index in [0.717, 1.165) is 22.2 Å². The molecule has 3 N–H and O–H groups in total. The third-order valence-electron chi connectivity index (χ3n) is 5.06. The number of nitrogens with zero attached hydrogens (tertiary/aromatic N) is 1. The van der Waals surface area contributed by atoms with Gasteiger partial charge in [-0.2, -0.15) is 0 Å².